The van der Waals surface area contributed by atoms with E-state index >= 15 is 0 Å². The fourth-order valence-electron chi connectivity index (χ4n) is 4.26. The SMILES string of the molecule is COC(=O)ON=C(C)c1ccc(N(c2ccc(C(=O)c3cccc(C)c3)cc2)c2ccc(/C(C)=N/OC(=O)OC)cc2)cc1. The summed E-state index contributed by atoms with van der Waals surface area (Å²) < 4.78 is 8.92. The number of rotatable bonds is 9. The second-order valence-electron chi connectivity index (χ2n) is 9.62. The van der Waals surface area contributed by atoms with Crippen LogP contribution >= 0.6 is 0 Å². The van der Waals surface area contributed by atoms with Gasteiger partial charge in [0.2, 0.25) is 0 Å². The first kappa shape index (κ1) is 31.2. The van der Waals surface area contributed by atoms with Crippen LogP contribution in [0.2, 0.25) is 0 Å². The van der Waals surface area contributed by atoms with Gasteiger partial charge in [-0.25, -0.2) is 9.59 Å². The van der Waals surface area contributed by atoms with Gasteiger partial charge in [-0.15, -0.1) is 0 Å². The van der Waals surface area contributed by atoms with Crippen molar-refractivity contribution in [3.05, 3.63) is 125 Å². The van der Waals surface area contributed by atoms with Gasteiger partial charge in [-0.1, -0.05) is 58.3 Å². The van der Waals surface area contributed by atoms with Crippen molar-refractivity contribution >= 4 is 46.6 Å². The third-order valence-corrected chi connectivity index (χ3v) is 6.60. The van der Waals surface area contributed by atoms with Crippen molar-refractivity contribution in [3.63, 3.8) is 0 Å². The molecular weight excluding hydrogens is 562 g/mol. The van der Waals surface area contributed by atoms with E-state index in [9.17, 15) is 14.4 Å². The predicted octanol–water partition coefficient (Wildman–Crippen LogP) is 7.71. The van der Waals surface area contributed by atoms with Gasteiger partial charge >= 0.3 is 12.3 Å². The fraction of sp³-hybridized carbons (Fsp3) is 0.147. The number of nitrogens with zero attached hydrogens (tertiary/aromatic N) is 3. The molecule has 0 aliphatic rings. The lowest BCUT2D eigenvalue weighted by molar-refractivity contribution is 0.0745. The van der Waals surface area contributed by atoms with E-state index in [0.29, 0.717) is 22.6 Å². The first-order chi connectivity index (χ1) is 21.2. The molecule has 0 N–H and O–H groups in total. The Morgan fingerprint density at radius 2 is 0.977 bits per heavy atom. The molecule has 0 spiro atoms. The number of ketones is 1. The number of methoxy groups -OCH3 is 2. The molecule has 0 heterocycles. The Morgan fingerprint density at radius 3 is 1.36 bits per heavy atom. The number of benzene rings is 4. The Balaban J connectivity index is 1.68. The summed E-state index contributed by atoms with van der Waals surface area (Å²) >= 11 is 0. The zero-order valence-electron chi connectivity index (χ0n) is 24.9. The summed E-state index contributed by atoms with van der Waals surface area (Å²) in [5.41, 5.74) is 7.11. The molecular formula is C34H31N3O7. The molecule has 0 radical (unpaired) electrons. The molecule has 0 unspecified atom stereocenters. The van der Waals surface area contributed by atoms with Crippen LogP contribution in [-0.2, 0) is 19.1 Å². The lowest BCUT2D eigenvalue weighted by atomic mass is 10.0. The standard InChI is InChI=1S/C34H31N3O7/c1-22-7-6-8-28(21-22)32(38)27-13-19-31(20-14-27)37(29-15-9-25(10-16-29)23(2)35-43-33(39)41-4)30-17-11-26(12-18-30)24(3)36-44-34(40)42-5/h6-21H,1-5H3/b35-23+,36-24?. The Bertz CT molecular complexity index is 1620. The number of oxime groups is 2. The van der Waals surface area contributed by atoms with Gasteiger partial charge in [0, 0.05) is 28.2 Å². The van der Waals surface area contributed by atoms with E-state index in [1.807, 2.05) is 96.8 Å². The van der Waals surface area contributed by atoms with Gasteiger partial charge in [0.15, 0.2) is 5.78 Å². The predicted molar refractivity (Wildman–Crippen MR) is 167 cm³/mol. The van der Waals surface area contributed by atoms with Crippen LogP contribution in [0.5, 0.6) is 0 Å². The zero-order valence-corrected chi connectivity index (χ0v) is 24.9. The molecule has 0 saturated carbocycles. The molecule has 0 saturated heterocycles. The van der Waals surface area contributed by atoms with E-state index in [4.69, 9.17) is 9.68 Å². The molecule has 0 atom stereocenters. The van der Waals surface area contributed by atoms with Crippen molar-refractivity contribution < 1.29 is 33.5 Å². The van der Waals surface area contributed by atoms with Gasteiger partial charge < -0.3 is 14.4 Å². The minimum Gasteiger partial charge on any atom is -0.436 e. The highest BCUT2D eigenvalue weighted by Gasteiger charge is 2.16. The summed E-state index contributed by atoms with van der Waals surface area (Å²) in [6.07, 6.45) is -1.81. The smallest absolute Gasteiger partial charge is 0.436 e. The van der Waals surface area contributed by atoms with Crippen LogP contribution < -0.4 is 4.90 Å². The maximum Gasteiger partial charge on any atom is 0.534 e. The van der Waals surface area contributed by atoms with Crippen molar-refractivity contribution in [2.45, 2.75) is 20.8 Å². The molecule has 0 aliphatic heterocycles. The van der Waals surface area contributed by atoms with E-state index in [2.05, 4.69) is 19.8 Å². The number of carbonyl (C=O) groups excluding carboxylic acids is 3. The normalized spacial score (nSPS) is 11.4. The van der Waals surface area contributed by atoms with E-state index in [1.165, 1.54) is 14.2 Å². The summed E-state index contributed by atoms with van der Waals surface area (Å²) in [5.74, 6) is -0.0617. The minimum absolute atomic E-state index is 0.0617. The van der Waals surface area contributed by atoms with E-state index < -0.39 is 12.3 Å². The van der Waals surface area contributed by atoms with Gasteiger partial charge in [-0.05, 0) is 86.5 Å². The van der Waals surface area contributed by atoms with Crippen LogP contribution in [0.25, 0.3) is 0 Å². The fourth-order valence-corrected chi connectivity index (χ4v) is 4.26. The quantitative estimate of drug-likeness (QED) is 0.0637. The number of aryl methyl sites for hydroxylation is 1. The van der Waals surface area contributed by atoms with Crippen LogP contribution in [-0.4, -0.2) is 43.7 Å². The van der Waals surface area contributed by atoms with Gasteiger partial charge in [-0.3, -0.25) is 14.5 Å². The first-order valence-electron chi connectivity index (χ1n) is 13.5. The minimum atomic E-state index is -0.906. The Hall–Kier alpha value is -5.77. The third kappa shape index (κ3) is 7.74. The van der Waals surface area contributed by atoms with Gasteiger partial charge in [0.1, 0.15) is 0 Å². The van der Waals surface area contributed by atoms with Crippen LogP contribution in [0, 0.1) is 6.92 Å². The Kier molecular flexibility index (Phi) is 10.2. The molecule has 0 fully saturated rings. The third-order valence-electron chi connectivity index (χ3n) is 6.60. The van der Waals surface area contributed by atoms with E-state index in [-0.39, 0.29) is 5.78 Å². The monoisotopic (exact) mass is 593 g/mol. The molecule has 4 aromatic carbocycles. The molecule has 4 aromatic rings. The molecule has 0 amide bonds. The van der Waals surface area contributed by atoms with Crippen molar-refractivity contribution in [2.24, 2.45) is 10.3 Å². The topological polar surface area (TPSA) is 116 Å². The lowest BCUT2D eigenvalue weighted by Crippen LogP contribution is -2.11. The maximum atomic E-state index is 13.1. The molecule has 44 heavy (non-hydrogen) atoms. The Morgan fingerprint density at radius 1 is 0.568 bits per heavy atom. The molecule has 4 rings (SSSR count). The van der Waals surface area contributed by atoms with Crippen molar-refractivity contribution in [2.75, 3.05) is 19.1 Å². The number of ether oxygens (including phenoxy) is 2. The lowest BCUT2D eigenvalue weighted by Gasteiger charge is -2.26. The highest BCUT2D eigenvalue weighted by Crippen LogP contribution is 2.35. The molecule has 0 bridgehead atoms. The second kappa shape index (κ2) is 14.4. The molecule has 224 valence electrons. The molecule has 0 aliphatic carbocycles. The molecule has 10 heteroatoms. The summed E-state index contributed by atoms with van der Waals surface area (Å²) in [7, 11) is 2.41. The zero-order chi connectivity index (χ0) is 31.6. The average molecular weight is 594 g/mol. The first-order valence-corrected chi connectivity index (χ1v) is 13.5. The van der Waals surface area contributed by atoms with E-state index in [0.717, 1.165) is 33.8 Å². The van der Waals surface area contributed by atoms with Crippen LogP contribution in [0.15, 0.2) is 107 Å². The highest BCUT2D eigenvalue weighted by atomic mass is 16.8. The number of carbonyl (C=O) groups is 3. The summed E-state index contributed by atoms with van der Waals surface area (Å²) in [4.78, 5) is 47.2. The van der Waals surface area contributed by atoms with Gasteiger partial charge in [0.05, 0.1) is 25.6 Å². The van der Waals surface area contributed by atoms with Gasteiger partial charge in [0.25, 0.3) is 0 Å². The van der Waals surface area contributed by atoms with Crippen LogP contribution in [0.3, 0.4) is 0 Å². The Labute approximate surface area is 255 Å². The summed E-state index contributed by atoms with van der Waals surface area (Å²) in [5, 5.41) is 7.63. The van der Waals surface area contributed by atoms with E-state index in [1.54, 1.807) is 26.0 Å². The van der Waals surface area contributed by atoms with Crippen LogP contribution in [0.1, 0.15) is 46.5 Å². The number of anilines is 3. The highest BCUT2D eigenvalue weighted by molar-refractivity contribution is 6.09. The second-order valence-corrected chi connectivity index (χ2v) is 9.62. The maximum absolute atomic E-state index is 13.1. The van der Waals surface area contributed by atoms with Crippen LogP contribution in [0.4, 0.5) is 26.7 Å². The molecule has 10 nitrogen and oxygen atoms in total. The number of hydrogen-bond acceptors (Lipinski definition) is 10. The van der Waals surface area contributed by atoms with Gasteiger partial charge in [-0.2, -0.15) is 0 Å². The summed E-state index contributed by atoms with van der Waals surface area (Å²) in [6.45, 7) is 5.38. The van der Waals surface area contributed by atoms with Crippen molar-refractivity contribution in [3.8, 4) is 0 Å². The average Bonchev–Trinajstić information content (AvgIpc) is 3.06. The van der Waals surface area contributed by atoms with Crippen molar-refractivity contribution in [1.82, 2.24) is 0 Å². The largest absolute Gasteiger partial charge is 0.534 e. The number of hydrogen-bond donors (Lipinski definition) is 0. The molecule has 0 aromatic heterocycles. The van der Waals surface area contributed by atoms with Crippen molar-refractivity contribution in [1.29, 1.82) is 0 Å². The summed E-state index contributed by atoms with van der Waals surface area (Å²) in [6, 6.07) is 29.9.